The van der Waals surface area contributed by atoms with Gasteiger partial charge < -0.3 is 9.47 Å². The third-order valence-corrected chi connectivity index (χ3v) is 5.44. The fourth-order valence-corrected chi connectivity index (χ4v) is 3.84. The number of fused-ring (bicyclic) bond motifs is 1. The van der Waals surface area contributed by atoms with Crippen LogP contribution >= 0.6 is 15.9 Å². The normalized spacial score (nSPS) is 21.4. The van der Waals surface area contributed by atoms with Crippen LogP contribution in [0, 0.1) is 0 Å². The van der Waals surface area contributed by atoms with Gasteiger partial charge in [0.15, 0.2) is 0 Å². The van der Waals surface area contributed by atoms with E-state index < -0.39 is 12.3 Å². The zero-order chi connectivity index (χ0) is 18.1. The molecule has 0 spiro atoms. The monoisotopic (exact) mass is 412 g/mol. The van der Waals surface area contributed by atoms with Crippen LogP contribution < -0.4 is 4.74 Å². The lowest BCUT2D eigenvalue weighted by atomic mass is 9.85. The molecule has 0 aliphatic carbocycles. The smallest absolute Gasteiger partial charge is 0.148 e. The first-order chi connectivity index (χ1) is 12.7. The minimum Gasteiger partial charge on any atom is -0.497 e. The largest absolute Gasteiger partial charge is 0.497 e. The minimum atomic E-state index is -1.11. The van der Waals surface area contributed by atoms with Crippen LogP contribution in [0.15, 0.2) is 77.3 Å². The van der Waals surface area contributed by atoms with Crippen LogP contribution in [0.25, 0.3) is 0 Å². The Kier molecular flexibility index (Phi) is 4.55. The van der Waals surface area contributed by atoms with Crippen LogP contribution in [0.4, 0.5) is 4.39 Å². The van der Waals surface area contributed by atoms with Gasteiger partial charge in [-0.25, -0.2) is 4.39 Å². The Morgan fingerprint density at radius 3 is 2.35 bits per heavy atom. The lowest BCUT2D eigenvalue weighted by Gasteiger charge is -2.28. The Balaban J connectivity index is 1.84. The molecule has 0 aromatic heterocycles. The van der Waals surface area contributed by atoms with E-state index in [4.69, 9.17) is 9.47 Å². The first kappa shape index (κ1) is 17.3. The first-order valence-corrected chi connectivity index (χ1v) is 9.20. The summed E-state index contributed by atoms with van der Waals surface area (Å²) in [5, 5.41) is 0. The van der Waals surface area contributed by atoms with E-state index in [9.17, 15) is 4.39 Å². The van der Waals surface area contributed by atoms with Crippen LogP contribution in [0.3, 0.4) is 0 Å². The van der Waals surface area contributed by atoms with Crippen molar-refractivity contribution in [3.8, 4) is 5.75 Å². The molecular weight excluding hydrogens is 395 g/mol. The summed E-state index contributed by atoms with van der Waals surface area (Å²) in [6.45, 7) is -0.636. The molecule has 1 heterocycles. The molecule has 0 saturated carbocycles. The van der Waals surface area contributed by atoms with Crippen molar-refractivity contribution in [1.82, 2.24) is 0 Å². The molecule has 0 radical (unpaired) electrons. The standard InChI is InChI=1S/C22H18BrFO2/c1-25-18-12-8-16(9-13-18)22(14-24)20-5-3-2-4-19(20)21(26-22)15-6-10-17(23)11-7-15/h2-13,21H,14H2,1H3/t21-,22-/m1/s1. The number of halogens is 2. The predicted molar refractivity (Wildman–Crippen MR) is 103 cm³/mol. The molecule has 3 aromatic rings. The van der Waals surface area contributed by atoms with Gasteiger partial charge in [0.05, 0.1) is 7.11 Å². The zero-order valence-corrected chi connectivity index (χ0v) is 15.9. The molecule has 4 rings (SSSR count). The van der Waals surface area contributed by atoms with E-state index in [2.05, 4.69) is 15.9 Å². The van der Waals surface area contributed by atoms with E-state index in [1.165, 1.54) is 0 Å². The van der Waals surface area contributed by atoms with Crippen molar-refractivity contribution in [3.63, 3.8) is 0 Å². The fourth-order valence-electron chi connectivity index (χ4n) is 3.57. The highest BCUT2D eigenvalue weighted by Gasteiger charge is 2.47. The minimum absolute atomic E-state index is 0.308. The molecule has 132 valence electrons. The van der Waals surface area contributed by atoms with Crippen LogP contribution in [0.5, 0.6) is 5.75 Å². The molecule has 0 bridgehead atoms. The van der Waals surface area contributed by atoms with Gasteiger partial charge in [-0.3, -0.25) is 0 Å². The van der Waals surface area contributed by atoms with E-state index in [1.807, 2.05) is 72.8 Å². The second-order valence-corrected chi connectivity index (χ2v) is 7.24. The third-order valence-electron chi connectivity index (χ3n) is 4.91. The Morgan fingerprint density at radius 2 is 1.69 bits per heavy atom. The molecule has 3 aromatic carbocycles. The van der Waals surface area contributed by atoms with Crippen LogP contribution in [-0.4, -0.2) is 13.8 Å². The topological polar surface area (TPSA) is 18.5 Å². The van der Waals surface area contributed by atoms with Crippen LogP contribution in [0.1, 0.15) is 28.4 Å². The number of rotatable bonds is 4. The summed E-state index contributed by atoms with van der Waals surface area (Å²) < 4.78 is 27.1. The second kappa shape index (κ2) is 6.86. The highest BCUT2D eigenvalue weighted by Crippen LogP contribution is 2.50. The second-order valence-electron chi connectivity index (χ2n) is 6.33. The lowest BCUT2D eigenvalue weighted by molar-refractivity contribution is -0.0459. The van der Waals surface area contributed by atoms with Gasteiger partial charge in [-0.05, 0) is 46.5 Å². The highest BCUT2D eigenvalue weighted by molar-refractivity contribution is 9.10. The average Bonchev–Trinajstić information content (AvgIpc) is 3.04. The van der Waals surface area contributed by atoms with Crippen molar-refractivity contribution in [2.45, 2.75) is 11.7 Å². The molecule has 1 aliphatic rings. The van der Waals surface area contributed by atoms with E-state index in [-0.39, 0.29) is 6.10 Å². The van der Waals surface area contributed by atoms with E-state index >= 15 is 0 Å². The number of ether oxygens (including phenoxy) is 2. The highest BCUT2D eigenvalue weighted by atomic mass is 79.9. The van der Waals surface area contributed by atoms with Crippen molar-refractivity contribution >= 4 is 15.9 Å². The number of hydrogen-bond acceptors (Lipinski definition) is 2. The molecule has 2 atom stereocenters. The maximum absolute atomic E-state index is 14.5. The molecule has 0 fully saturated rings. The van der Waals surface area contributed by atoms with Crippen LogP contribution in [-0.2, 0) is 10.3 Å². The van der Waals surface area contributed by atoms with Gasteiger partial charge in [0, 0.05) is 4.47 Å². The molecular formula is C22H18BrFO2. The maximum Gasteiger partial charge on any atom is 0.148 e. The number of methoxy groups -OCH3 is 1. The quantitative estimate of drug-likeness (QED) is 0.539. The average molecular weight is 413 g/mol. The molecule has 0 amide bonds. The molecule has 0 unspecified atom stereocenters. The molecule has 2 nitrogen and oxygen atoms in total. The molecule has 1 aliphatic heterocycles. The van der Waals surface area contributed by atoms with E-state index in [1.54, 1.807) is 7.11 Å². The summed E-state index contributed by atoms with van der Waals surface area (Å²) in [4.78, 5) is 0. The molecule has 4 heteroatoms. The summed E-state index contributed by atoms with van der Waals surface area (Å²) in [6.07, 6.45) is -0.308. The summed E-state index contributed by atoms with van der Waals surface area (Å²) >= 11 is 3.46. The number of benzene rings is 3. The Morgan fingerprint density at radius 1 is 1.00 bits per heavy atom. The summed E-state index contributed by atoms with van der Waals surface area (Å²) in [6, 6.07) is 23.3. The lowest BCUT2D eigenvalue weighted by Crippen LogP contribution is -2.30. The van der Waals surface area contributed by atoms with Crippen molar-refractivity contribution in [2.24, 2.45) is 0 Å². The number of alkyl halides is 1. The molecule has 0 saturated heterocycles. The van der Waals surface area contributed by atoms with Gasteiger partial charge in [0.25, 0.3) is 0 Å². The fraction of sp³-hybridized carbons (Fsp3) is 0.182. The van der Waals surface area contributed by atoms with Gasteiger partial charge in [-0.1, -0.05) is 64.5 Å². The number of hydrogen-bond donors (Lipinski definition) is 0. The van der Waals surface area contributed by atoms with Crippen molar-refractivity contribution in [3.05, 3.63) is 99.5 Å². The third kappa shape index (κ3) is 2.74. The SMILES string of the molecule is COc1ccc([C@@]2(CF)O[C@H](c3ccc(Br)cc3)c3ccccc32)cc1. The Hall–Kier alpha value is -2.17. The van der Waals surface area contributed by atoms with Crippen molar-refractivity contribution < 1.29 is 13.9 Å². The van der Waals surface area contributed by atoms with Gasteiger partial charge in [-0.15, -0.1) is 0 Å². The maximum atomic E-state index is 14.5. The molecule has 0 N–H and O–H groups in total. The Bertz CT molecular complexity index is 908. The van der Waals surface area contributed by atoms with Crippen molar-refractivity contribution in [1.29, 1.82) is 0 Å². The van der Waals surface area contributed by atoms with Gasteiger partial charge >= 0.3 is 0 Å². The summed E-state index contributed by atoms with van der Waals surface area (Å²) in [7, 11) is 1.62. The van der Waals surface area contributed by atoms with Crippen LogP contribution in [0.2, 0.25) is 0 Å². The first-order valence-electron chi connectivity index (χ1n) is 8.41. The summed E-state index contributed by atoms with van der Waals surface area (Å²) in [5.41, 5.74) is 2.56. The predicted octanol–water partition coefficient (Wildman–Crippen LogP) is 5.79. The van der Waals surface area contributed by atoms with Gasteiger partial charge in [0.1, 0.15) is 24.1 Å². The van der Waals surface area contributed by atoms with Gasteiger partial charge in [0.2, 0.25) is 0 Å². The zero-order valence-electron chi connectivity index (χ0n) is 14.3. The molecule has 26 heavy (non-hydrogen) atoms. The Labute approximate surface area is 160 Å². The van der Waals surface area contributed by atoms with E-state index in [0.717, 1.165) is 32.5 Å². The van der Waals surface area contributed by atoms with E-state index in [0.29, 0.717) is 0 Å². The van der Waals surface area contributed by atoms with Gasteiger partial charge in [-0.2, -0.15) is 0 Å². The van der Waals surface area contributed by atoms with Crippen molar-refractivity contribution in [2.75, 3.05) is 13.8 Å². The summed E-state index contributed by atoms with van der Waals surface area (Å²) in [5.74, 6) is 0.735.